The molecule has 11 heteroatoms. The predicted octanol–water partition coefficient (Wildman–Crippen LogP) is 7.71. The Balaban J connectivity index is 1.85. The molecule has 4 aromatic carbocycles. The lowest BCUT2D eigenvalue weighted by Crippen LogP contribution is -2.56. The van der Waals surface area contributed by atoms with E-state index in [0.29, 0.717) is 20.6 Å². The number of carbonyl (C=O) groups is 2. The maximum Gasteiger partial charge on any atom is 0.264 e. The van der Waals surface area contributed by atoms with E-state index in [4.69, 9.17) is 34.8 Å². The Bertz CT molecular complexity index is 1770. The summed E-state index contributed by atoms with van der Waals surface area (Å²) in [5.41, 5.74) is 1.68. The monoisotopic (exact) mass is 699 g/mol. The minimum absolute atomic E-state index is 0.00196. The van der Waals surface area contributed by atoms with Crippen LogP contribution in [0.25, 0.3) is 0 Å². The van der Waals surface area contributed by atoms with Crippen LogP contribution in [0.3, 0.4) is 0 Å². The largest absolute Gasteiger partial charge is 0.350 e. The van der Waals surface area contributed by atoms with E-state index in [2.05, 4.69) is 5.32 Å². The van der Waals surface area contributed by atoms with Crippen LogP contribution in [-0.4, -0.2) is 43.3 Å². The van der Waals surface area contributed by atoms with Crippen molar-refractivity contribution in [1.82, 2.24) is 10.2 Å². The Hall–Kier alpha value is -3.56. The van der Waals surface area contributed by atoms with Crippen molar-refractivity contribution >= 4 is 62.3 Å². The summed E-state index contributed by atoms with van der Waals surface area (Å²) in [7, 11) is -4.26. The summed E-state index contributed by atoms with van der Waals surface area (Å²) in [5.74, 6) is -1.06. The highest BCUT2D eigenvalue weighted by molar-refractivity contribution is 7.92. The molecule has 4 aromatic rings. The van der Waals surface area contributed by atoms with Crippen LogP contribution in [0.15, 0.2) is 102 Å². The number of sulfonamides is 1. The van der Waals surface area contributed by atoms with Crippen LogP contribution in [0.2, 0.25) is 15.1 Å². The smallest absolute Gasteiger partial charge is 0.264 e. The van der Waals surface area contributed by atoms with Gasteiger partial charge >= 0.3 is 0 Å². The Morgan fingerprint density at radius 3 is 2.02 bits per heavy atom. The van der Waals surface area contributed by atoms with Crippen molar-refractivity contribution in [1.29, 1.82) is 0 Å². The number of nitrogens with zero attached hydrogens (tertiary/aromatic N) is 2. The number of benzene rings is 4. The Morgan fingerprint density at radius 1 is 0.826 bits per heavy atom. The van der Waals surface area contributed by atoms with Crippen molar-refractivity contribution in [3.05, 3.63) is 129 Å². The molecule has 0 radical (unpaired) electrons. The number of anilines is 1. The Morgan fingerprint density at radius 2 is 1.43 bits per heavy atom. The zero-order valence-corrected chi connectivity index (χ0v) is 29.1. The minimum Gasteiger partial charge on any atom is -0.350 e. The summed E-state index contributed by atoms with van der Waals surface area (Å²) in [4.78, 5) is 29.9. The van der Waals surface area contributed by atoms with Crippen molar-refractivity contribution in [2.24, 2.45) is 0 Å². The SMILES string of the molecule is Cc1ccc(S(=O)(=O)N(CC(=O)N(Cc2c(Cl)cccc2Cl)C(Cc2ccccc2)C(=O)NC(C)(C)C)c2cccc(Cl)c2)cc1. The molecule has 4 rings (SSSR count). The van der Waals surface area contributed by atoms with Gasteiger partial charge in [-0.3, -0.25) is 13.9 Å². The van der Waals surface area contributed by atoms with E-state index in [1.807, 2.05) is 58.0 Å². The first-order valence-electron chi connectivity index (χ1n) is 14.6. The van der Waals surface area contributed by atoms with Gasteiger partial charge < -0.3 is 10.2 Å². The lowest BCUT2D eigenvalue weighted by Gasteiger charge is -2.35. The highest BCUT2D eigenvalue weighted by Crippen LogP contribution is 2.30. The molecule has 0 aliphatic rings. The van der Waals surface area contributed by atoms with Gasteiger partial charge in [0.05, 0.1) is 10.6 Å². The second-order valence-corrected chi connectivity index (χ2v) is 15.1. The van der Waals surface area contributed by atoms with Crippen molar-refractivity contribution in [3.8, 4) is 0 Å². The van der Waals surface area contributed by atoms with Gasteiger partial charge in [-0.2, -0.15) is 0 Å². The molecule has 1 N–H and O–H groups in total. The molecule has 0 bridgehead atoms. The summed E-state index contributed by atoms with van der Waals surface area (Å²) >= 11 is 19.4. The summed E-state index contributed by atoms with van der Waals surface area (Å²) in [5, 5.41) is 3.90. The highest BCUT2D eigenvalue weighted by Gasteiger charge is 2.36. The van der Waals surface area contributed by atoms with E-state index in [-0.39, 0.29) is 23.5 Å². The molecule has 1 unspecified atom stereocenters. The van der Waals surface area contributed by atoms with E-state index in [1.165, 1.54) is 23.1 Å². The molecule has 0 saturated heterocycles. The minimum atomic E-state index is -4.26. The van der Waals surface area contributed by atoms with Crippen LogP contribution in [0.1, 0.15) is 37.5 Å². The molecule has 0 spiro atoms. The van der Waals surface area contributed by atoms with Gasteiger partial charge in [0.15, 0.2) is 0 Å². The average molecular weight is 701 g/mol. The number of amides is 2. The number of carbonyl (C=O) groups excluding carboxylic acids is 2. The Labute approximate surface area is 286 Å². The second-order valence-electron chi connectivity index (χ2n) is 12.0. The van der Waals surface area contributed by atoms with Gasteiger partial charge in [-0.25, -0.2) is 8.42 Å². The van der Waals surface area contributed by atoms with Crippen molar-refractivity contribution in [3.63, 3.8) is 0 Å². The van der Waals surface area contributed by atoms with Crippen LogP contribution in [0.5, 0.6) is 0 Å². The molecule has 0 aromatic heterocycles. The van der Waals surface area contributed by atoms with Gasteiger partial charge in [0.2, 0.25) is 11.8 Å². The summed E-state index contributed by atoms with van der Waals surface area (Å²) in [6, 6.07) is 25.8. The quantitative estimate of drug-likeness (QED) is 0.174. The highest BCUT2D eigenvalue weighted by atomic mass is 35.5. The third-order valence-electron chi connectivity index (χ3n) is 7.14. The second kappa shape index (κ2) is 14.9. The van der Waals surface area contributed by atoms with E-state index in [9.17, 15) is 18.0 Å². The molecule has 0 aliphatic heterocycles. The molecule has 0 fully saturated rings. The topological polar surface area (TPSA) is 86.8 Å². The fraction of sp³-hybridized carbons (Fsp3) is 0.257. The summed E-state index contributed by atoms with van der Waals surface area (Å²) in [6.07, 6.45) is 0.151. The molecule has 1 atom stereocenters. The first-order valence-corrected chi connectivity index (χ1v) is 17.2. The molecule has 0 aliphatic carbocycles. The van der Waals surface area contributed by atoms with Gasteiger partial charge in [-0.15, -0.1) is 0 Å². The van der Waals surface area contributed by atoms with Crippen LogP contribution in [0.4, 0.5) is 5.69 Å². The third-order valence-corrected chi connectivity index (χ3v) is 9.87. The number of nitrogens with one attached hydrogen (secondary N) is 1. The molecule has 242 valence electrons. The lowest BCUT2D eigenvalue weighted by molar-refractivity contribution is -0.140. The maximum atomic E-state index is 14.6. The van der Waals surface area contributed by atoms with Gasteiger partial charge in [-0.05, 0) is 75.7 Å². The van der Waals surface area contributed by atoms with Crippen molar-refractivity contribution in [2.45, 2.75) is 57.1 Å². The van der Waals surface area contributed by atoms with Gasteiger partial charge in [0.1, 0.15) is 12.6 Å². The molecule has 7 nitrogen and oxygen atoms in total. The molecule has 0 heterocycles. The predicted molar refractivity (Wildman–Crippen MR) is 186 cm³/mol. The number of aryl methyl sites for hydroxylation is 1. The van der Waals surface area contributed by atoms with Crippen molar-refractivity contribution in [2.75, 3.05) is 10.8 Å². The van der Waals surface area contributed by atoms with Crippen LogP contribution in [0, 0.1) is 6.92 Å². The van der Waals surface area contributed by atoms with E-state index >= 15 is 0 Å². The van der Waals surface area contributed by atoms with Gasteiger partial charge in [0.25, 0.3) is 10.0 Å². The van der Waals surface area contributed by atoms with E-state index in [0.717, 1.165) is 15.4 Å². The van der Waals surface area contributed by atoms with Crippen molar-refractivity contribution < 1.29 is 18.0 Å². The zero-order chi connectivity index (χ0) is 33.6. The molecular formula is C35H36Cl3N3O4S. The number of hydrogen-bond acceptors (Lipinski definition) is 4. The number of rotatable bonds is 11. The number of halogens is 3. The van der Waals surface area contributed by atoms with Crippen LogP contribution in [-0.2, 0) is 32.6 Å². The molecule has 0 saturated carbocycles. The summed E-state index contributed by atoms with van der Waals surface area (Å²) in [6.45, 7) is 6.60. The van der Waals surface area contributed by atoms with Crippen LogP contribution < -0.4 is 9.62 Å². The molecule has 46 heavy (non-hydrogen) atoms. The molecule has 2 amide bonds. The standard InChI is InChI=1S/C35H36Cl3N3O4S/c1-24-16-18-28(19-17-24)46(44,45)41(27-13-8-12-26(36)21-27)23-33(42)40(22-29-30(37)14-9-15-31(29)38)32(34(43)39-35(2,3)4)20-25-10-6-5-7-11-25/h5-19,21,32H,20,22-23H2,1-4H3,(H,39,43). The molecular weight excluding hydrogens is 665 g/mol. The van der Waals surface area contributed by atoms with Gasteiger partial charge in [0, 0.05) is 39.1 Å². The van der Waals surface area contributed by atoms with Crippen LogP contribution >= 0.6 is 34.8 Å². The summed E-state index contributed by atoms with van der Waals surface area (Å²) < 4.78 is 29.3. The first-order chi connectivity index (χ1) is 21.7. The fourth-order valence-corrected chi connectivity index (χ4v) is 6.97. The lowest BCUT2D eigenvalue weighted by atomic mass is 10.0. The average Bonchev–Trinajstić information content (AvgIpc) is 2.98. The number of hydrogen-bond donors (Lipinski definition) is 1. The van der Waals surface area contributed by atoms with E-state index < -0.39 is 40.0 Å². The Kier molecular flexibility index (Phi) is 11.4. The third kappa shape index (κ3) is 9.04. The van der Waals surface area contributed by atoms with Gasteiger partial charge in [-0.1, -0.05) is 95.0 Å². The normalized spacial score (nSPS) is 12.3. The maximum absolute atomic E-state index is 14.6. The fourth-order valence-electron chi connectivity index (χ4n) is 4.86. The van der Waals surface area contributed by atoms with E-state index in [1.54, 1.807) is 48.5 Å². The first kappa shape index (κ1) is 35.3. The zero-order valence-electron chi connectivity index (χ0n) is 26.0.